The zero-order valence-corrected chi connectivity index (χ0v) is 12.2. The maximum absolute atomic E-state index is 11.9. The molecule has 0 aliphatic carbocycles. The van der Waals surface area contributed by atoms with Gasteiger partial charge in [0.05, 0.1) is 0 Å². The number of thiol groups is 1. The van der Waals surface area contributed by atoms with Gasteiger partial charge < -0.3 is 5.32 Å². The molecule has 1 unspecified atom stereocenters. The van der Waals surface area contributed by atoms with E-state index in [4.69, 9.17) is 0 Å². The lowest BCUT2D eigenvalue weighted by molar-refractivity contribution is 0.0946. The lowest BCUT2D eigenvalue weighted by Crippen LogP contribution is -2.29. The zero-order valence-electron chi connectivity index (χ0n) is 11.3. The van der Waals surface area contributed by atoms with Crippen molar-refractivity contribution in [2.24, 2.45) is 5.92 Å². The van der Waals surface area contributed by atoms with Gasteiger partial charge in [-0.15, -0.1) is 12.6 Å². The number of carbonyl (C=O) groups excluding carboxylic acids is 1. The van der Waals surface area contributed by atoms with Crippen molar-refractivity contribution >= 4 is 18.5 Å². The van der Waals surface area contributed by atoms with E-state index in [1.807, 2.05) is 24.3 Å². The fourth-order valence-electron chi connectivity index (χ4n) is 1.90. The van der Waals surface area contributed by atoms with Crippen LogP contribution in [0, 0.1) is 5.92 Å². The van der Waals surface area contributed by atoms with E-state index < -0.39 is 0 Å². The fraction of sp³-hybridized carbons (Fsp3) is 0.533. The zero-order chi connectivity index (χ0) is 13.4. The molecule has 0 saturated carbocycles. The molecule has 1 aromatic carbocycles. The SMILES string of the molecule is CCCCC(CC)CNC(=O)c1ccc(S)cc1. The van der Waals surface area contributed by atoms with Crippen LogP contribution < -0.4 is 5.32 Å². The van der Waals surface area contributed by atoms with Gasteiger partial charge in [0.2, 0.25) is 0 Å². The molecule has 0 fully saturated rings. The van der Waals surface area contributed by atoms with Gasteiger partial charge in [0.15, 0.2) is 0 Å². The predicted molar refractivity (Wildman–Crippen MR) is 79.3 cm³/mol. The number of unbranched alkanes of at least 4 members (excludes halogenated alkanes) is 1. The average Bonchev–Trinajstić information content (AvgIpc) is 2.39. The van der Waals surface area contributed by atoms with Gasteiger partial charge in [-0.3, -0.25) is 4.79 Å². The van der Waals surface area contributed by atoms with Crippen LogP contribution in [0.3, 0.4) is 0 Å². The first-order valence-corrected chi connectivity index (χ1v) is 7.19. The van der Waals surface area contributed by atoms with Crippen molar-refractivity contribution in [3.63, 3.8) is 0 Å². The number of nitrogens with one attached hydrogen (secondary N) is 1. The van der Waals surface area contributed by atoms with E-state index >= 15 is 0 Å². The molecule has 0 bridgehead atoms. The average molecular weight is 265 g/mol. The van der Waals surface area contributed by atoms with E-state index in [1.165, 1.54) is 19.3 Å². The van der Waals surface area contributed by atoms with Crippen molar-refractivity contribution in [1.82, 2.24) is 5.32 Å². The first-order valence-electron chi connectivity index (χ1n) is 6.74. The van der Waals surface area contributed by atoms with Crippen molar-refractivity contribution in [1.29, 1.82) is 0 Å². The summed E-state index contributed by atoms with van der Waals surface area (Å²) in [5.41, 5.74) is 0.707. The highest BCUT2D eigenvalue weighted by molar-refractivity contribution is 7.80. The number of hydrogen-bond donors (Lipinski definition) is 2. The fourth-order valence-corrected chi connectivity index (χ4v) is 2.04. The molecule has 0 aliphatic heterocycles. The van der Waals surface area contributed by atoms with E-state index in [0.717, 1.165) is 17.9 Å². The van der Waals surface area contributed by atoms with Gasteiger partial charge in [-0.25, -0.2) is 0 Å². The maximum Gasteiger partial charge on any atom is 0.251 e. The Hall–Kier alpha value is -0.960. The van der Waals surface area contributed by atoms with Crippen molar-refractivity contribution in [3.05, 3.63) is 29.8 Å². The Kier molecular flexibility index (Phi) is 6.88. The molecule has 0 heterocycles. The maximum atomic E-state index is 11.9. The van der Waals surface area contributed by atoms with E-state index in [-0.39, 0.29) is 5.91 Å². The molecule has 100 valence electrons. The minimum Gasteiger partial charge on any atom is -0.352 e. The standard InChI is InChI=1S/C15H23NOS/c1-3-5-6-12(4-2)11-16-15(17)13-7-9-14(18)10-8-13/h7-10,12,18H,3-6,11H2,1-2H3,(H,16,17). The van der Waals surface area contributed by atoms with Crippen LogP contribution in [0.1, 0.15) is 49.9 Å². The van der Waals surface area contributed by atoms with Gasteiger partial charge in [-0.1, -0.05) is 33.1 Å². The Balaban J connectivity index is 2.42. The van der Waals surface area contributed by atoms with Gasteiger partial charge in [0.1, 0.15) is 0 Å². The molecular weight excluding hydrogens is 242 g/mol. The summed E-state index contributed by atoms with van der Waals surface area (Å²) in [6.07, 6.45) is 4.77. The number of hydrogen-bond acceptors (Lipinski definition) is 2. The van der Waals surface area contributed by atoms with Gasteiger partial charge in [0.25, 0.3) is 5.91 Å². The third kappa shape index (κ3) is 5.13. The monoisotopic (exact) mass is 265 g/mol. The summed E-state index contributed by atoms with van der Waals surface area (Å²) < 4.78 is 0. The molecule has 1 rings (SSSR count). The van der Waals surface area contributed by atoms with E-state index in [0.29, 0.717) is 11.5 Å². The molecule has 0 saturated heterocycles. The minimum atomic E-state index is 0.0123. The Morgan fingerprint density at radius 2 is 1.94 bits per heavy atom. The summed E-state index contributed by atoms with van der Waals surface area (Å²) in [5, 5.41) is 3.01. The van der Waals surface area contributed by atoms with Gasteiger partial charge in [0, 0.05) is 17.0 Å². The van der Waals surface area contributed by atoms with Crippen molar-refractivity contribution in [3.8, 4) is 0 Å². The Labute approximate surface area is 116 Å². The van der Waals surface area contributed by atoms with Crippen LogP contribution in [-0.2, 0) is 0 Å². The van der Waals surface area contributed by atoms with E-state index in [9.17, 15) is 4.79 Å². The normalized spacial score (nSPS) is 12.2. The first kappa shape index (κ1) is 15.1. The molecule has 3 heteroatoms. The third-order valence-corrected chi connectivity index (χ3v) is 3.52. The molecule has 1 aromatic rings. The second kappa shape index (κ2) is 8.20. The summed E-state index contributed by atoms with van der Waals surface area (Å²) in [6.45, 7) is 5.16. The quantitative estimate of drug-likeness (QED) is 0.719. The Bertz CT molecular complexity index is 361. The largest absolute Gasteiger partial charge is 0.352 e. The van der Waals surface area contributed by atoms with Crippen molar-refractivity contribution in [2.75, 3.05) is 6.54 Å². The smallest absolute Gasteiger partial charge is 0.251 e. The molecule has 1 N–H and O–H groups in total. The van der Waals surface area contributed by atoms with Gasteiger partial charge in [-0.2, -0.15) is 0 Å². The van der Waals surface area contributed by atoms with Crippen molar-refractivity contribution < 1.29 is 4.79 Å². The molecule has 1 atom stereocenters. The molecule has 0 radical (unpaired) electrons. The number of rotatable bonds is 7. The second-order valence-corrected chi connectivity index (χ2v) is 5.19. The van der Waals surface area contributed by atoms with Crippen LogP contribution in [0.5, 0.6) is 0 Å². The van der Waals surface area contributed by atoms with Gasteiger partial charge >= 0.3 is 0 Å². The third-order valence-electron chi connectivity index (χ3n) is 3.22. The Morgan fingerprint density at radius 1 is 1.28 bits per heavy atom. The minimum absolute atomic E-state index is 0.0123. The highest BCUT2D eigenvalue weighted by atomic mass is 32.1. The summed E-state index contributed by atoms with van der Waals surface area (Å²) in [6, 6.07) is 7.30. The molecule has 18 heavy (non-hydrogen) atoms. The number of amides is 1. The topological polar surface area (TPSA) is 29.1 Å². The molecule has 0 aromatic heterocycles. The number of benzene rings is 1. The highest BCUT2D eigenvalue weighted by Crippen LogP contribution is 2.12. The van der Waals surface area contributed by atoms with E-state index in [1.54, 1.807) is 0 Å². The molecule has 0 aliphatic rings. The summed E-state index contributed by atoms with van der Waals surface area (Å²) in [4.78, 5) is 12.8. The Morgan fingerprint density at radius 3 is 2.50 bits per heavy atom. The van der Waals surface area contributed by atoms with Gasteiger partial charge in [-0.05, 0) is 36.6 Å². The molecule has 0 spiro atoms. The van der Waals surface area contributed by atoms with Crippen LogP contribution in [0.4, 0.5) is 0 Å². The predicted octanol–water partition coefficient (Wildman–Crippen LogP) is 3.92. The number of carbonyl (C=O) groups is 1. The summed E-state index contributed by atoms with van der Waals surface area (Å²) in [5.74, 6) is 0.608. The molecule has 1 amide bonds. The van der Waals surface area contributed by atoms with Crippen LogP contribution in [0.25, 0.3) is 0 Å². The van der Waals surface area contributed by atoms with Crippen LogP contribution >= 0.6 is 12.6 Å². The summed E-state index contributed by atoms with van der Waals surface area (Å²) in [7, 11) is 0. The van der Waals surface area contributed by atoms with Crippen LogP contribution in [-0.4, -0.2) is 12.5 Å². The van der Waals surface area contributed by atoms with Crippen LogP contribution in [0.15, 0.2) is 29.2 Å². The molecule has 2 nitrogen and oxygen atoms in total. The lowest BCUT2D eigenvalue weighted by Gasteiger charge is -2.15. The lowest BCUT2D eigenvalue weighted by atomic mass is 9.99. The first-order chi connectivity index (χ1) is 8.67. The highest BCUT2D eigenvalue weighted by Gasteiger charge is 2.09. The second-order valence-electron chi connectivity index (χ2n) is 4.67. The molecular formula is C15H23NOS. The van der Waals surface area contributed by atoms with Crippen molar-refractivity contribution in [2.45, 2.75) is 44.4 Å². The van der Waals surface area contributed by atoms with E-state index in [2.05, 4.69) is 31.8 Å². The summed E-state index contributed by atoms with van der Waals surface area (Å²) >= 11 is 4.21. The van der Waals surface area contributed by atoms with Crippen LogP contribution in [0.2, 0.25) is 0 Å².